The van der Waals surface area contributed by atoms with Crippen molar-refractivity contribution in [3.8, 4) is 0 Å². The van der Waals surface area contributed by atoms with E-state index in [2.05, 4.69) is 22.9 Å². The van der Waals surface area contributed by atoms with Crippen LogP contribution >= 0.6 is 0 Å². The number of carbonyl (C=O) groups excluding carboxylic acids is 1. The Labute approximate surface area is 85.5 Å². The maximum atomic E-state index is 9.84. The zero-order chi connectivity index (χ0) is 10.2. The van der Waals surface area contributed by atoms with Crippen molar-refractivity contribution in [2.24, 2.45) is 4.99 Å². The molecule has 1 aliphatic heterocycles. The van der Waals surface area contributed by atoms with Crippen LogP contribution in [0, 0.1) is 0 Å². The van der Waals surface area contributed by atoms with Gasteiger partial charge < -0.3 is 0 Å². The first-order valence-corrected chi connectivity index (χ1v) is 5.32. The molecule has 0 aromatic rings. The van der Waals surface area contributed by atoms with Crippen molar-refractivity contribution in [2.75, 3.05) is 19.6 Å². The molecule has 0 amide bonds. The van der Waals surface area contributed by atoms with E-state index in [4.69, 9.17) is 0 Å². The van der Waals surface area contributed by atoms with Crippen LogP contribution in [0.1, 0.15) is 26.2 Å². The van der Waals surface area contributed by atoms with Crippen LogP contribution in [0.5, 0.6) is 0 Å². The molecule has 1 aliphatic rings. The van der Waals surface area contributed by atoms with Crippen molar-refractivity contribution in [1.29, 1.82) is 0 Å². The van der Waals surface area contributed by atoms with Gasteiger partial charge in [0.1, 0.15) is 0 Å². The van der Waals surface area contributed by atoms with Crippen molar-refractivity contribution < 1.29 is 4.79 Å². The van der Waals surface area contributed by atoms with Crippen LogP contribution in [0.3, 0.4) is 0 Å². The van der Waals surface area contributed by atoms with Gasteiger partial charge in [-0.3, -0.25) is 4.90 Å². The number of likely N-dealkylation sites (N-methyl/N-ethyl adjacent to an activating group) is 1. The molecule has 0 aromatic heterocycles. The van der Waals surface area contributed by atoms with Crippen LogP contribution in [0.25, 0.3) is 0 Å². The summed E-state index contributed by atoms with van der Waals surface area (Å²) in [6.45, 7) is 4.96. The Balaban J connectivity index is 2.39. The third-order valence-electron chi connectivity index (χ3n) is 2.69. The summed E-state index contributed by atoms with van der Waals surface area (Å²) in [5.74, 6) is 0. The van der Waals surface area contributed by atoms with Crippen LogP contribution in [0.4, 0.5) is 0 Å². The molecule has 1 unspecified atom stereocenters. The summed E-state index contributed by atoms with van der Waals surface area (Å²) < 4.78 is 0. The minimum Gasteiger partial charge on any atom is -0.297 e. The summed E-state index contributed by atoms with van der Waals surface area (Å²) in [6, 6.07) is 0.551. The van der Waals surface area contributed by atoms with Crippen LogP contribution < -0.4 is 0 Å². The van der Waals surface area contributed by atoms with Gasteiger partial charge in [-0.25, -0.2) is 9.79 Å². The summed E-state index contributed by atoms with van der Waals surface area (Å²) in [4.78, 5) is 15.8. The molecule has 0 spiro atoms. The standard InChI is InChI=1S/C11H18N2O/c1-2-13-9-4-3-6-11(13)7-5-8-12-10-14/h5,7,11H,2-4,6,8-9H2,1H3/b7-5-. The van der Waals surface area contributed by atoms with E-state index in [-0.39, 0.29) is 0 Å². The highest BCUT2D eigenvalue weighted by Gasteiger charge is 2.17. The second-order valence-corrected chi connectivity index (χ2v) is 3.55. The number of piperidine rings is 1. The summed E-state index contributed by atoms with van der Waals surface area (Å²) in [7, 11) is 0. The van der Waals surface area contributed by atoms with Crippen molar-refractivity contribution in [3.63, 3.8) is 0 Å². The normalized spacial score (nSPS) is 23.6. The van der Waals surface area contributed by atoms with E-state index >= 15 is 0 Å². The molecule has 0 aromatic carbocycles. The Kier molecular flexibility index (Phi) is 5.20. The van der Waals surface area contributed by atoms with E-state index in [0.717, 1.165) is 6.54 Å². The number of isocyanates is 1. The van der Waals surface area contributed by atoms with Gasteiger partial charge in [-0.1, -0.05) is 25.5 Å². The molecule has 1 fully saturated rings. The van der Waals surface area contributed by atoms with Gasteiger partial charge in [-0.05, 0) is 25.9 Å². The second kappa shape index (κ2) is 6.52. The molecule has 1 saturated heterocycles. The molecule has 1 atom stereocenters. The molecule has 0 radical (unpaired) electrons. The molecule has 3 nitrogen and oxygen atoms in total. The van der Waals surface area contributed by atoms with Crippen LogP contribution in [0.15, 0.2) is 17.1 Å². The fourth-order valence-electron chi connectivity index (χ4n) is 1.94. The minimum absolute atomic E-state index is 0.470. The number of hydrogen-bond acceptors (Lipinski definition) is 3. The molecule has 1 heterocycles. The van der Waals surface area contributed by atoms with Crippen molar-refractivity contribution in [1.82, 2.24) is 4.90 Å². The van der Waals surface area contributed by atoms with Gasteiger partial charge in [0.05, 0.1) is 6.54 Å². The molecule has 1 rings (SSSR count). The Hall–Kier alpha value is -0.920. The molecule has 0 aliphatic carbocycles. The lowest BCUT2D eigenvalue weighted by molar-refractivity contribution is 0.189. The average Bonchev–Trinajstić information content (AvgIpc) is 2.25. The lowest BCUT2D eigenvalue weighted by atomic mass is 10.0. The summed E-state index contributed by atoms with van der Waals surface area (Å²) in [6.07, 6.45) is 9.52. The lowest BCUT2D eigenvalue weighted by Gasteiger charge is -2.32. The number of likely N-dealkylation sites (tertiary alicyclic amines) is 1. The topological polar surface area (TPSA) is 32.7 Å². The minimum atomic E-state index is 0.470. The van der Waals surface area contributed by atoms with Crippen molar-refractivity contribution in [2.45, 2.75) is 32.2 Å². The quantitative estimate of drug-likeness (QED) is 0.388. The number of rotatable bonds is 4. The Morgan fingerprint density at radius 3 is 3.14 bits per heavy atom. The van der Waals surface area contributed by atoms with Gasteiger partial charge >= 0.3 is 0 Å². The third kappa shape index (κ3) is 3.44. The Morgan fingerprint density at radius 2 is 2.43 bits per heavy atom. The molecule has 0 saturated carbocycles. The predicted molar refractivity (Wildman–Crippen MR) is 57.0 cm³/mol. The molecule has 78 valence electrons. The van der Waals surface area contributed by atoms with E-state index in [1.54, 1.807) is 6.08 Å². The third-order valence-corrected chi connectivity index (χ3v) is 2.69. The van der Waals surface area contributed by atoms with Gasteiger partial charge in [0.25, 0.3) is 0 Å². The second-order valence-electron chi connectivity index (χ2n) is 3.55. The average molecular weight is 194 g/mol. The first-order valence-electron chi connectivity index (χ1n) is 5.32. The molecule has 3 heteroatoms. The maximum Gasteiger partial charge on any atom is 0.235 e. The summed E-state index contributed by atoms with van der Waals surface area (Å²) in [5, 5.41) is 0. The number of nitrogens with zero attached hydrogens (tertiary/aromatic N) is 2. The van der Waals surface area contributed by atoms with Gasteiger partial charge in [0, 0.05) is 6.04 Å². The predicted octanol–water partition coefficient (Wildman–Crippen LogP) is 1.75. The van der Waals surface area contributed by atoms with E-state index < -0.39 is 0 Å². The SMILES string of the molecule is CCN1CCCCC1/C=C\CN=C=O. The number of hydrogen-bond donors (Lipinski definition) is 0. The maximum absolute atomic E-state index is 9.84. The highest BCUT2D eigenvalue weighted by atomic mass is 16.1. The van der Waals surface area contributed by atoms with Crippen molar-refractivity contribution in [3.05, 3.63) is 12.2 Å². The van der Waals surface area contributed by atoms with E-state index in [9.17, 15) is 4.79 Å². The van der Waals surface area contributed by atoms with Gasteiger partial charge in [0.15, 0.2) is 0 Å². The highest BCUT2D eigenvalue weighted by molar-refractivity contribution is 5.33. The molecule has 14 heavy (non-hydrogen) atoms. The largest absolute Gasteiger partial charge is 0.297 e. The van der Waals surface area contributed by atoms with Gasteiger partial charge in [-0.15, -0.1) is 0 Å². The van der Waals surface area contributed by atoms with Crippen molar-refractivity contribution >= 4 is 6.08 Å². The van der Waals surface area contributed by atoms with Gasteiger partial charge in [-0.2, -0.15) is 0 Å². The fourth-order valence-corrected chi connectivity index (χ4v) is 1.94. The van der Waals surface area contributed by atoms with Gasteiger partial charge in [0.2, 0.25) is 6.08 Å². The number of aliphatic imine (C=N–C) groups is 1. The van der Waals surface area contributed by atoms with E-state index in [1.165, 1.54) is 25.8 Å². The summed E-state index contributed by atoms with van der Waals surface area (Å²) in [5.41, 5.74) is 0. The first kappa shape index (κ1) is 11.2. The molecule has 0 N–H and O–H groups in total. The zero-order valence-corrected chi connectivity index (χ0v) is 8.78. The van der Waals surface area contributed by atoms with Crippen LogP contribution in [-0.2, 0) is 4.79 Å². The lowest BCUT2D eigenvalue weighted by Crippen LogP contribution is -2.37. The van der Waals surface area contributed by atoms with E-state index in [0.29, 0.717) is 12.6 Å². The zero-order valence-electron chi connectivity index (χ0n) is 8.78. The smallest absolute Gasteiger partial charge is 0.235 e. The summed E-state index contributed by atoms with van der Waals surface area (Å²) >= 11 is 0. The van der Waals surface area contributed by atoms with Crippen LogP contribution in [0.2, 0.25) is 0 Å². The monoisotopic (exact) mass is 194 g/mol. The molecular weight excluding hydrogens is 176 g/mol. The Morgan fingerprint density at radius 1 is 1.57 bits per heavy atom. The first-order chi connectivity index (χ1) is 6.88. The highest BCUT2D eigenvalue weighted by Crippen LogP contribution is 2.17. The van der Waals surface area contributed by atoms with E-state index in [1.807, 2.05) is 6.08 Å². The van der Waals surface area contributed by atoms with Crippen LogP contribution in [-0.4, -0.2) is 36.7 Å². The Bertz CT molecular complexity index is 231. The molecular formula is C11H18N2O. The molecule has 0 bridgehead atoms. The fraction of sp³-hybridized carbons (Fsp3) is 0.727.